The maximum absolute atomic E-state index is 12.7. The molecule has 7 nitrogen and oxygen atoms in total. The van der Waals surface area contributed by atoms with Crippen LogP contribution < -0.4 is 9.04 Å². The standard InChI is InChI=1S/C17H14N4O3S/c1-12-14(6-4-9-18-12)24-17-19-10-8-16(20-17)21-11-13-5-2-3-7-15(13)25(21,22)23/h2-10H,11H2,1H3. The van der Waals surface area contributed by atoms with Crippen molar-refractivity contribution in [2.24, 2.45) is 0 Å². The monoisotopic (exact) mass is 354 g/mol. The van der Waals surface area contributed by atoms with Crippen LogP contribution in [0.1, 0.15) is 11.3 Å². The zero-order valence-electron chi connectivity index (χ0n) is 13.3. The predicted molar refractivity (Wildman–Crippen MR) is 90.9 cm³/mol. The number of nitrogens with zero attached hydrogens (tertiary/aromatic N) is 4. The number of fused-ring (bicyclic) bond motifs is 1. The van der Waals surface area contributed by atoms with Crippen molar-refractivity contribution < 1.29 is 13.2 Å². The highest BCUT2D eigenvalue weighted by atomic mass is 32.2. The third-order valence-electron chi connectivity index (χ3n) is 3.89. The van der Waals surface area contributed by atoms with Gasteiger partial charge in [0.05, 0.1) is 17.1 Å². The predicted octanol–water partition coefficient (Wildman–Crippen LogP) is 2.68. The lowest BCUT2D eigenvalue weighted by Crippen LogP contribution is -2.24. The fraction of sp³-hybridized carbons (Fsp3) is 0.118. The van der Waals surface area contributed by atoms with Gasteiger partial charge in [0.2, 0.25) is 0 Å². The molecule has 0 aliphatic carbocycles. The quantitative estimate of drug-likeness (QED) is 0.719. The zero-order valence-corrected chi connectivity index (χ0v) is 14.1. The van der Waals surface area contributed by atoms with Gasteiger partial charge in [0.15, 0.2) is 5.75 Å². The molecule has 1 aliphatic heterocycles. The third kappa shape index (κ3) is 2.70. The van der Waals surface area contributed by atoms with Crippen LogP contribution in [0, 0.1) is 6.92 Å². The van der Waals surface area contributed by atoms with E-state index in [0.29, 0.717) is 16.3 Å². The topological polar surface area (TPSA) is 85.3 Å². The van der Waals surface area contributed by atoms with E-state index in [4.69, 9.17) is 4.74 Å². The van der Waals surface area contributed by atoms with E-state index in [2.05, 4.69) is 15.0 Å². The second kappa shape index (κ2) is 5.82. The first kappa shape index (κ1) is 15.5. The maximum Gasteiger partial charge on any atom is 0.323 e. The Labute approximate surface area is 145 Å². The Hall–Kier alpha value is -3.00. The van der Waals surface area contributed by atoms with Gasteiger partial charge in [-0.2, -0.15) is 4.98 Å². The van der Waals surface area contributed by atoms with Gasteiger partial charge < -0.3 is 4.74 Å². The molecule has 0 amide bonds. The lowest BCUT2D eigenvalue weighted by atomic mass is 10.2. The van der Waals surface area contributed by atoms with Crippen molar-refractivity contribution in [3.63, 3.8) is 0 Å². The zero-order chi connectivity index (χ0) is 17.4. The Morgan fingerprint density at radius 2 is 1.88 bits per heavy atom. The molecule has 0 saturated carbocycles. The number of hydrogen-bond acceptors (Lipinski definition) is 6. The maximum atomic E-state index is 12.7. The van der Waals surface area contributed by atoms with Crippen LogP contribution in [0.3, 0.4) is 0 Å². The second-order valence-electron chi connectivity index (χ2n) is 5.51. The van der Waals surface area contributed by atoms with E-state index in [1.165, 1.54) is 10.5 Å². The molecule has 3 aromatic rings. The van der Waals surface area contributed by atoms with E-state index in [0.717, 1.165) is 5.56 Å². The minimum Gasteiger partial charge on any atom is -0.422 e. The Balaban J connectivity index is 1.68. The number of hydrogen-bond donors (Lipinski definition) is 0. The van der Waals surface area contributed by atoms with Crippen LogP contribution in [-0.2, 0) is 16.6 Å². The van der Waals surface area contributed by atoms with Gasteiger partial charge in [0.1, 0.15) is 5.82 Å². The average Bonchev–Trinajstić information content (AvgIpc) is 2.89. The van der Waals surface area contributed by atoms with Crippen molar-refractivity contribution in [3.8, 4) is 11.8 Å². The van der Waals surface area contributed by atoms with Crippen molar-refractivity contribution in [2.75, 3.05) is 4.31 Å². The smallest absolute Gasteiger partial charge is 0.323 e. The van der Waals surface area contributed by atoms with Crippen molar-refractivity contribution in [2.45, 2.75) is 18.4 Å². The lowest BCUT2D eigenvalue weighted by Gasteiger charge is -2.16. The molecule has 3 heterocycles. The van der Waals surface area contributed by atoms with Gasteiger partial charge in [0, 0.05) is 18.5 Å². The third-order valence-corrected chi connectivity index (χ3v) is 5.74. The van der Waals surface area contributed by atoms with E-state index in [-0.39, 0.29) is 18.4 Å². The summed E-state index contributed by atoms with van der Waals surface area (Å²) in [7, 11) is -3.62. The Morgan fingerprint density at radius 1 is 1.04 bits per heavy atom. The van der Waals surface area contributed by atoms with Crippen LogP contribution in [0.5, 0.6) is 11.8 Å². The molecule has 0 spiro atoms. The van der Waals surface area contributed by atoms with Gasteiger partial charge in [-0.1, -0.05) is 18.2 Å². The molecule has 126 valence electrons. The fourth-order valence-corrected chi connectivity index (χ4v) is 4.25. The molecule has 0 radical (unpaired) electrons. The number of rotatable bonds is 3. The number of benzene rings is 1. The molecule has 0 fully saturated rings. The van der Waals surface area contributed by atoms with Crippen LogP contribution in [0.15, 0.2) is 59.8 Å². The highest BCUT2D eigenvalue weighted by Gasteiger charge is 2.35. The Kier molecular flexibility index (Phi) is 3.61. The molecule has 4 rings (SSSR count). The van der Waals surface area contributed by atoms with Crippen LogP contribution in [0.2, 0.25) is 0 Å². The molecule has 0 saturated heterocycles. The molecule has 1 aromatic carbocycles. The summed E-state index contributed by atoms with van der Waals surface area (Å²) in [4.78, 5) is 12.8. The van der Waals surface area contributed by atoms with Crippen LogP contribution >= 0.6 is 0 Å². The summed E-state index contributed by atoms with van der Waals surface area (Å²) in [6.07, 6.45) is 3.13. The van der Waals surface area contributed by atoms with E-state index < -0.39 is 10.0 Å². The van der Waals surface area contributed by atoms with Crippen molar-refractivity contribution in [1.29, 1.82) is 0 Å². The summed E-state index contributed by atoms with van der Waals surface area (Å²) in [5, 5.41) is 0. The molecule has 1 aliphatic rings. The molecular formula is C17H14N4O3S. The summed E-state index contributed by atoms with van der Waals surface area (Å²) < 4.78 is 32.3. The largest absolute Gasteiger partial charge is 0.422 e. The van der Waals surface area contributed by atoms with Gasteiger partial charge in [-0.15, -0.1) is 0 Å². The van der Waals surface area contributed by atoms with Crippen LogP contribution in [0.25, 0.3) is 0 Å². The molecule has 0 atom stereocenters. The summed E-state index contributed by atoms with van der Waals surface area (Å²) in [5.74, 6) is 0.787. The summed E-state index contributed by atoms with van der Waals surface area (Å²) in [6.45, 7) is 2.04. The van der Waals surface area contributed by atoms with Crippen LogP contribution in [0.4, 0.5) is 5.82 Å². The first-order valence-corrected chi connectivity index (χ1v) is 9.03. The molecule has 0 unspecified atom stereocenters. The number of anilines is 1. The number of sulfonamides is 1. The van der Waals surface area contributed by atoms with E-state index >= 15 is 0 Å². The summed E-state index contributed by atoms with van der Waals surface area (Å²) in [5.41, 5.74) is 1.43. The van der Waals surface area contributed by atoms with Crippen molar-refractivity contribution in [3.05, 3.63) is 66.1 Å². The summed E-state index contributed by atoms with van der Waals surface area (Å²) >= 11 is 0. The number of aryl methyl sites for hydroxylation is 1. The van der Waals surface area contributed by atoms with E-state index in [9.17, 15) is 8.42 Å². The molecule has 0 N–H and O–H groups in total. The minimum absolute atomic E-state index is 0.0692. The van der Waals surface area contributed by atoms with Crippen molar-refractivity contribution >= 4 is 15.8 Å². The normalized spacial score (nSPS) is 15.0. The minimum atomic E-state index is -3.62. The SMILES string of the molecule is Cc1ncccc1Oc1nccc(N2Cc3ccccc3S2(=O)=O)n1. The van der Waals surface area contributed by atoms with E-state index in [1.54, 1.807) is 49.5 Å². The van der Waals surface area contributed by atoms with Gasteiger partial charge in [0.25, 0.3) is 10.0 Å². The molecule has 0 bridgehead atoms. The molecule has 8 heteroatoms. The molecule has 2 aromatic heterocycles. The second-order valence-corrected chi connectivity index (χ2v) is 7.34. The summed E-state index contributed by atoms with van der Waals surface area (Å²) in [6, 6.07) is 12.0. The highest BCUT2D eigenvalue weighted by molar-refractivity contribution is 7.93. The Morgan fingerprint density at radius 3 is 2.68 bits per heavy atom. The van der Waals surface area contributed by atoms with Gasteiger partial charge in [-0.25, -0.2) is 17.7 Å². The van der Waals surface area contributed by atoms with E-state index in [1.807, 2.05) is 6.07 Å². The fourth-order valence-electron chi connectivity index (χ4n) is 2.64. The number of aromatic nitrogens is 3. The van der Waals surface area contributed by atoms with Gasteiger partial charge in [-0.05, 0) is 30.7 Å². The first-order valence-electron chi connectivity index (χ1n) is 7.59. The molecular weight excluding hydrogens is 340 g/mol. The number of pyridine rings is 1. The molecule has 25 heavy (non-hydrogen) atoms. The first-order chi connectivity index (χ1) is 12.1. The number of ether oxygens (including phenoxy) is 1. The lowest BCUT2D eigenvalue weighted by molar-refractivity contribution is 0.436. The average molecular weight is 354 g/mol. The highest BCUT2D eigenvalue weighted by Crippen LogP contribution is 2.34. The van der Waals surface area contributed by atoms with Crippen LogP contribution in [-0.4, -0.2) is 23.4 Å². The van der Waals surface area contributed by atoms with Gasteiger partial charge in [-0.3, -0.25) is 4.98 Å². The van der Waals surface area contributed by atoms with Gasteiger partial charge >= 0.3 is 6.01 Å². The van der Waals surface area contributed by atoms with Crippen molar-refractivity contribution in [1.82, 2.24) is 15.0 Å². The Bertz CT molecular complexity index is 1050.